The maximum Gasteiger partial charge on any atom is 0.257 e. The molecule has 2 rings (SSSR count). The van der Waals surface area contributed by atoms with Gasteiger partial charge in [-0.3, -0.25) is 20.6 Å². The molecule has 2 aromatic heterocycles. The van der Waals surface area contributed by atoms with Crippen LogP contribution in [0.25, 0.3) is 0 Å². The molecule has 6 heteroatoms. The van der Waals surface area contributed by atoms with E-state index >= 15 is 0 Å². The van der Waals surface area contributed by atoms with Crippen molar-refractivity contribution in [2.75, 3.05) is 10.7 Å². The number of nitrogens with zero attached hydrogens (tertiary/aromatic N) is 2. The summed E-state index contributed by atoms with van der Waals surface area (Å²) in [4.78, 5) is 19.9. The maximum absolute atomic E-state index is 12.1. The summed E-state index contributed by atoms with van der Waals surface area (Å²) in [7, 11) is 0. The quantitative estimate of drug-likeness (QED) is 0.558. The van der Waals surface area contributed by atoms with E-state index in [0.717, 1.165) is 11.3 Å². The molecular formula is C12H13N5O. The molecule has 2 aromatic rings. The first-order valence-electron chi connectivity index (χ1n) is 5.35. The average molecular weight is 243 g/mol. The van der Waals surface area contributed by atoms with Gasteiger partial charge >= 0.3 is 0 Å². The third kappa shape index (κ3) is 2.44. The number of hydrogen-bond donors (Lipinski definition) is 3. The minimum atomic E-state index is -0.250. The standard InChI is InChI=1S/C12H13N5O/c1-8-6-14-5-3-10(8)16-12(18)9-2-4-15-7-11(9)17-13/h2-7,17H,13H2,1H3,(H,14,16,18). The molecule has 2 heterocycles. The Bertz CT molecular complexity index is 570. The molecule has 0 aromatic carbocycles. The number of anilines is 2. The number of carbonyl (C=O) groups excluding carboxylic acids is 1. The number of hydrazine groups is 1. The molecule has 0 atom stereocenters. The lowest BCUT2D eigenvalue weighted by atomic mass is 10.2. The number of aryl methyl sites for hydroxylation is 1. The number of amides is 1. The predicted octanol–water partition coefficient (Wildman–Crippen LogP) is 1.32. The minimum absolute atomic E-state index is 0.250. The molecule has 0 bridgehead atoms. The zero-order chi connectivity index (χ0) is 13.0. The van der Waals surface area contributed by atoms with Crippen LogP contribution in [0.5, 0.6) is 0 Å². The number of carbonyl (C=O) groups is 1. The smallest absolute Gasteiger partial charge is 0.257 e. The van der Waals surface area contributed by atoms with Gasteiger partial charge in [-0.1, -0.05) is 0 Å². The van der Waals surface area contributed by atoms with Gasteiger partial charge in [-0.2, -0.15) is 0 Å². The Balaban J connectivity index is 2.25. The molecule has 92 valence electrons. The Morgan fingerprint density at radius 3 is 2.61 bits per heavy atom. The van der Waals surface area contributed by atoms with Crippen molar-refractivity contribution < 1.29 is 4.79 Å². The SMILES string of the molecule is Cc1cnccc1NC(=O)c1ccncc1NN. The molecule has 0 fully saturated rings. The molecule has 18 heavy (non-hydrogen) atoms. The Morgan fingerprint density at radius 1 is 1.17 bits per heavy atom. The van der Waals surface area contributed by atoms with Crippen molar-refractivity contribution in [1.82, 2.24) is 9.97 Å². The van der Waals surface area contributed by atoms with Gasteiger partial charge in [0.15, 0.2) is 0 Å². The lowest BCUT2D eigenvalue weighted by Gasteiger charge is -2.10. The molecule has 1 amide bonds. The highest BCUT2D eigenvalue weighted by atomic mass is 16.1. The number of nitrogens with one attached hydrogen (secondary N) is 2. The monoisotopic (exact) mass is 243 g/mol. The van der Waals surface area contributed by atoms with Crippen LogP contribution < -0.4 is 16.6 Å². The van der Waals surface area contributed by atoms with Crippen LogP contribution in [0.3, 0.4) is 0 Å². The van der Waals surface area contributed by atoms with Crippen LogP contribution in [0.1, 0.15) is 15.9 Å². The van der Waals surface area contributed by atoms with Gasteiger partial charge in [0.2, 0.25) is 0 Å². The van der Waals surface area contributed by atoms with Crippen molar-refractivity contribution in [3.05, 3.63) is 48.0 Å². The van der Waals surface area contributed by atoms with Gasteiger partial charge < -0.3 is 10.7 Å². The van der Waals surface area contributed by atoms with E-state index in [1.807, 2.05) is 6.92 Å². The lowest BCUT2D eigenvalue weighted by molar-refractivity contribution is 0.102. The Morgan fingerprint density at radius 2 is 1.89 bits per heavy atom. The molecule has 6 nitrogen and oxygen atoms in total. The third-order valence-electron chi connectivity index (χ3n) is 2.49. The first-order valence-corrected chi connectivity index (χ1v) is 5.35. The van der Waals surface area contributed by atoms with Crippen LogP contribution in [0.15, 0.2) is 36.9 Å². The first kappa shape index (κ1) is 12.0. The normalized spacial score (nSPS) is 9.89. The molecule has 0 saturated heterocycles. The molecule has 0 radical (unpaired) electrons. The van der Waals surface area contributed by atoms with Crippen molar-refractivity contribution in [1.29, 1.82) is 0 Å². The van der Waals surface area contributed by atoms with Crippen molar-refractivity contribution in [2.45, 2.75) is 6.92 Å². The second-order valence-electron chi connectivity index (χ2n) is 3.71. The average Bonchev–Trinajstić information content (AvgIpc) is 2.41. The summed E-state index contributed by atoms with van der Waals surface area (Å²) in [6.45, 7) is 1.87. The molecule has 0 spiro atoms. The van der Waals surface area contributed by atoms with E-state index in [4.69, 9.17) is 5.84 Å². The maximum atomic E-state index is 12.1. The van der Waals surface area contributed by atoms with Crippen LogP contribution >= 0.6 is 0 Å². The van der Waals surface area contributed by atoms with E-state index in [1.54, 1.807) is 24.5 Å². The lowest BCUT2D eigenvalue weighted by Crippen LogP contribution is -2.17. The Kier molecular flexibility index (Phi) is 3.49. The van der Waals surface area contributed by atoms with Gasteiger partial charge in [0.1, 0.15) is 0 Å². The summed E-state index contributed by atoms with van der Waals surface area (Å²) in [5.74, 6) is 5.08. The minimum Gasteiger partial charge on any atom is -0.322 e. The van der Waals surface area contributed by atoms with E-state index in [-0.39, 0.29) is 5.91 Å². The molecule has 0 aliphatic heterocycles. The molecular weight excluding hydrogens is 230 g/mol. The molecule has 0 unspecified atom stereocenters. The third-order valence-corrected chi connectivity index (χ3v) is 2.49. The van der Waals surface area contributed by atoms with Gasteiger partial charge in [-0.05, 0) is 24.6 Å². The fourth-order valence-corrected chi connectivity index (χ4v) is 1.51. The van der Waals surface area contributed by atoms with Crippen molar-refractivity contribution in [3.8, 4) is 0 Å². The van der Waals surface area contributed by atoms with Crippen LogP contribution in [0.2, 0.25) is 0 Å². The van der Waals surface area contributed by atoms with E-state index in [0.29, 0.717) is 11.3 Å². The first-order chi connectivity index (χ1) is 8.72. The van der Waals surface area contributed by atoms with E-state index in [1.165, 1.54) is 12.4 Å². The van der Waals surface area contributed by atoms with E-state index in [9.17, 15) is 4.79 Å². The van der Waals surface area contributed by atoms with Gasteiger partial charge in [-0.15, -0.1) is 0 Å². The van der Waals surface area contributed by atoms with Crippen molar-refractivity contribution in [2.24, 2.45) is 5.84 Å². The number of nitrogens with two attached hydrogens (primary N) is 1. The van der Waals surface area contributed by atoms with Gasteiger partial charge in [0, 0.05) is 24.3 Å². The Labute approximate surface area is 104 Å². The van der Waals surface area contributed by atoms with Crippen LogP contribution in [0.4, 0.5) is 11.4 Å². The molecule has 0 aliphatic carbocycles. The largest absolute Gasteiger partial charge is 0.322 e. The number of nitrogen functional groups attached to an aromatic ring is 1. The molecule has 0 aliphatic rings. The second-order valence-corrected chi connectivity index (χ2v) is 3.71. The van der Waals surface area contributed by atoms with Crippen molar-refractivity contribution in [3.63, 3.8) is 0 Å². The van der Waals surface area contributed by atoms with Crippen molar-refractivity contribution >= 4 is 17.3 Å². The summed E-state index contributed by atoms with van der Waals surface area (Å²) in [5, 5.41) is 2.80. The van der Waals surface area contributed by atoms with E-state index in [2.05, 4.69) is 20.7 Å². The summed E-state index contributed by atoms with van der Waals surface area (Å²) in [5.41, 5.74) is 4.96. The summed E-state index contributed by atoms with van der Waals surface area (Å²) in [6.07, 6.45) is 6.34. The predicted molar refractivity (Wildman–Crippen MR) is 69.0 cm³/mol. The van der Waals surface area contributed by atoms with Gasteiger partial charge in [0.25, 0.3) is 5.91 Å². The highest BCUT2D eigenvalue weighted by Crippen LogP contribution is 2.16. The van der Waals surface area contributed by atoms with Crippen LogP contribution in [-0.2, 0) is 0 Å². The van der Waals surface area contributed by atoms with E-state index < -0.39 is 0 Å². The fraction of sp³-hybridized carbons (Fsp3) is 0.0833. The highest BCUT2D eigenvalue weighted by Gasteiger charge is 2.11. The molecule has 0 saturated carbocycles. The van der Waals surface area contributed by atoms with Crippen LogP contribution in [0, 0.1) is 6.92 Å². The number of hydrogen-bond acceptors (Lipinski definition) is 5. The number of rotatable bonds is 3. The number of pyridine rings is 2. The summed E-state index contributed by atoms with van der Waals surface area (Å²) >= 11 is 0. The zero-order valence-corrected chi connectivity index (χ0v) is 9.84. The highest BCUT2D eigenvalue weighted by molar-refractivity contribution is 6.08. The zero-order valence-electron chi connectivity index (χ0n) is 9.84. The second kappa shape index (κ2) is 5.24. The Hall–Kier alpha value is -2.47. The fourth-order valence-electron chi connectivity index (χ4n) is 1.51. The summed E-state index contributed by atoms with van der Waals surface area (Å²) in [6, 6.07) is 3.34. The van der Waals surface area contributed by atoms with Crippen LogP contribution in [-0.4, -0.2) is 15.9 Å². The topological polar surface area (TPSA) is 92.9 Å². The van der Waals surface area contributed by atoms with Gasteiger partial charge in [0.05, 0.1) is 17.4 Å². The number of aromatic nitrogens is 2. The summed E-state index contributed by atoms with van der Waals surface area (Å²) < 4.78 is 0. The van der Waals surface area contributed by atoms with Gasteiger partial charge in [-0.25, -0.2) is 0 Å². The molecule has 4 N–H and O–H groups in total.